The van der Waals surface area contributed by atoms with E-state index >= 15 is 0 Å². The van der Waals surface area contributed by atoms with Gasteiger partial charge < -0.3 is 23.7 Å². The zero-order chi connectivity index (χ0) is 16.8. The summed E-state index contributed by atoms with van der Waals surface area (Å²) in [5.74, 6) is 2.30. The van der Waals surface area contributed by atoms with Gasteiger partial charge in [-0.3, -0.25) is 0 Å². The van der Waals surface area contributed by atoms with Crippen LogP contribution in [0.25, 0.3) is 6.08 Å². The fraction of sp³-hybridized carbons (Fsp3) is 0.111. The van der Waals surface area contributed by atoms with Gasteiger partial charge in [0.1, 0.15) is 0 Å². The maximum atomic E-state index is 12.1. The monoisotopic (exact) mass is 337 g/mol. The summed E-state index contributed by atoms with van der Waals surface area (Å²) in [7, 11) is 0. The standard InChI is InChI=1S/C18H11NO6/c20-18-12(5-10-1-3-13-15(6-10)23-8-21-13)19-17(25-18)11-2-4-14-16(7-11)24-9-22-14/h1-7H,8-9H2/b12-5+. The van der Waals surface area contributed by atoms with Crippen molar-refractivity contribution in [1.29, 1.82) is 0 Å². The summed E-state index contributed by atoms with van der Waals surface area (Å²) in [6.45, 7) is 0.379. The van der Waals surface area contributed by atoms with Gasteiger partial charge in [0.05, 0.1) is 0 Å². The largest absolute Gasteiger partial charge is 0.454 e. The Kier molecular flexibility index (Phi) is 2.93. The minimum atomic E-state index is -0.509. The molecular weight excluding hydrogens is 326 g/mol. The second-order valence-corrected chi connectivity index (χ2v) is 5.52. The highest BCUT2D eigenvalue weighted by atomic mass is 16.7. The molecule has 0 spiro atoms. The fourth-order valence-electron chi connectivity index (χ4n) is 2.72. The number of carbonyl (C=O) groups excluding carboxylic acids is 1. The van der Waals surface area contributed by atoms with Crippen molar-refractivity contribution in [3.05, 3.63) is 53.2 Å². The van der Waals surface area contributed by atoms with E-state index in [4.69, 9.17) is 23.7 Å². The molecule has 25 heavy (non-hydrogen) atoms. The lowest BCUT2D eigenvalue weighted by atomic mass is 10.1. The smallest absolute Gasteiger partial charge is 0.363 e. The molecule has 0 radical (unpaired) electrons. The van der Waals surface area contributed by atoms with Gasteiger partial charge in [-0.25, -0.2) is 9.79 Å². The summed E-state index contributed by atoms with van der Waals surface area (Å²) in [5.41, 5.74) is 1.63. The maximum absolute atomic E-state index is 12.1. The van der Waals surface area contributed by atoms with Gasteiger partial charge in [-0.15, -0.1) is 0 Å². The molecule has 0 aliphatic carbocycles. The number of ether oxygens (including phenoxy) is 5. The van der Waals surface area contributed by atoms with Crippen LogP contribution in [0, 0.1) is 0 Å². The summed E-state index contributed by atoms with van der Waals surface area (Å²) in [4.78, 5) is 16.4. The molecule has 2 aromatic rings. The van der Waals surface area contributed by atoms with Crippen LogP contribution in [0.5, 0.6) is 23.0 Å². The van der Waals surface area contributed by atoms with Crippen molar-refractivity contribution in [3.63, 3.8) is 0 Å². The normalized spacial score (nSPS) is 18.5. The molecule has 0 aromatic heterocycles. The Labute approximate surface area is 142 Å². The van der Waals surface area contributed by atoms with E-state index in [9.17, 15) is 4.79 Å². The van der Waals surface area contributed by atoms with Crippen LogP contribution in [0.1, 0.15) is 11.1 Å². The van der Waals surface area contributed by atoms with E-state index in [0.29, 0.717) is 28.6 Å². The highest BCUT2D eigenvalue weighted by Crippen LogP contribution is 2.35. The quantitative estimate of drug-likeness (QED) is 0.619. The van der Waals surface area contributed by atoms with Crippen LogP contribution in [0.4, 0.5) is 0 Å². The average Bonchev–Trinajstić information content (AvgIpc) is 3.34. The Morgan fingerprint density at radius 3 is 2.32 bits per heavy atom. The van der Waals surface area contributed by atoms with Gasteiger partial charge in [0.2, 0.25) is 19.5 Å². The third-order valence-corrected chi connectivity index (χ3v) is 3.94. The molecule has 0 saturated heterocycles. The Morgan fingerprint density at radius 2 is 1.52 bits per heavy atom. The lowest BCUT2D eigenvalue weighted by Crippen LogP contribution is -2.05. The molecule has 0 amide bonds. The predicted octanol–water partition coefficient (Wildman–Crippen LogP) is 2.49. The number of aliphatic imine (C=N–C) groups is 1. The van der Waals surface area contributed by atoms with Crippen molar-refractivity contribution in [3.8, 4) is 23.0 Å². The van der Waals surface area contributed by atoms with Crippen LogP contribution < -0.4 is 18.9 Å². The van der Waals surface area contributed by atoms with Gasteiger partial charge in [0.15, 0.2) is 28.7 Å². The molecule has 7 heteroatoms. The van der Waals surface area contributed by atoms with Gasteiger partial charge >= 0.3 is 5.97 Å². The number of carbonyl (C=O) groups is 1. The van der Waals surface area contributed by atoms with Crippen LogP contribution in [0.15, 0.2) is 47.1 Å². The average molecular weight is 337 g/mol. The van der Waals surface area contributed by atoms with Crippen molar-refractivity contribution >= 4 is 17.9 Å². The second-order valence-electron chi connectivity index (χ2n) is 5.52. The number of hydrogen-bond donors (Lipinski definition) is 0. The molecular formula is C18H11NO6. The van der Waals surface area contributed by atoms with Gasteiger partial charge in [0, 0.05) is 5.56 Å². The summed E-state index contributed by atoms with van der Waals surface area (Å²) < 4.78 is 26.5. The van der Waals surface area contributed by atoms with Gasteiger partial charge in [0.25, 0.3) is 0 Å². The molecule has 0 unspecified atom stereocenters. The highest BCUT2D eigenvalue weighted by Gasteiger charge is 2.26. The SMILES string of the molecule is O=C1OC(c2ccc3c(c2)OCO3)=N/C1=C/c1ccc2c(c1)OCO2. The van der Waals surface area contributed by atoms with Crippen molar-refractivity contribution in [2.75, 3.05) is 13.6 Å². The molecule has 0 fully saturated rings. The Bertz CT molecular complexity index is 962. The molecule has 0 atom stereocenters. The predicted molar refractivity (Wildman–Crippen MR) is 85.7 cm³/mol. The molecule has 0 bridgehead atoms. The third-order valence-electron chi connectivity index (χ3n) is 3.94. The molecule has 3 heterocycles. The molecule has 0 N–H and O–H groups in total. The number of fused-ring (bicyclic) bond motifs is 2. The zero-order valence-corrected chi connectivity index (χ0v) is 12.9. The molecule has 7 nitrogen and oxygen atoms in total. The number of benzene rings is 2. The molecule has 0 saturated carbocycles. The molecule has 5 rings (SSSR count). The zero-order valence-electron chi connectivity index (χ0n) is 12.9. The number of nitrogens with zero attached hydrogens (tertiary/aromatic N) is 1. The third kappa shape index (κ3) is 2.37. The van der Waals surface area contributed by atoms with Gasteiger partial charge in [-0.1, -0.05) is 6.07 Å². The van der Waals surface area contributed by atoms with E-state index in [2.05, 4.69) is 4.99 Å². The minimum absolute atomic E-state index is 0.181. The summed E-state index contributed by atoms with van der Waals surface area (Å²) >= 11 is 0. The summed E-state index contributed by atoms with van der Waals surface area (Å²) in [6, 6.07) is 10.7. The Morgan fingerprint density at radius 1 is 0.840 bits per heavy atom. The first-order chi connectivity index (χ1) is 12.3. The molecule has 2 aromatic carbocycles. The van der Waals surface area contributed by atoms with Crippen LogP contribution in [-0.4, -0.2) is 25.5 Å². The Hall–Kier alpha value is -3.48. The topological polar surface area (TPSA) is 75.6 Å². The van der Waals surface area contributed by atoms with E-state index in [1.165, 1.54) is 0 Å². The van der Waals surface area contributed by atoms with Gasteiger partial charge in [-0.2, -0.15) is 0 Å². The summed E-state index contributed by atoms with van der Waals surface area (Å²) in [6.07, 6.45) is 1.64. The van der Waals surface area contributed by atoms with Gasteiger partial charge in [-0.05, 0) is 42.0 Å². The second kappa shape index (κ2) is 5.27. The lowest BCUT2D eigenvalue weighted by Gasteiger charge is -2.01. The number of rotatable bonds is 2. The number of hydrogen-bond acceptors (Lipinski definition) is 7. The van der Waals surface area contributed by atoms with Crippen LogP contribution in [0.3, 0.4) is 0 Å². The van der Waals surface area contributed by atoms with E-state index in [-0.39, 0.29) is 25.2 Å². The van der Waals surface area contributed by atoms with E-state index in [1.54, 1.807) is 36.4 Å². The lowest BCUT2D eigenvalue weighted by molar-refractivity contribution is -0.129. The van der Waals surface area contributed by atoms with E-state index in [1.807, 2.05) is 6.07 Å². The van der Waals surface area contributed by atoms with Crippen molar-refractivity contribution in [2.45, 2.75) is 0 Å². The van der Waals surface area contributed by atoms with Crippen molar-refractivity contribution in [1.82, 2.24) is 0 Å². The first kappa shape index (κ1) is 13.9. The number of cyclic esters (lactones) is 1. The maximum Gasteiger partial charge on any atom is 0.363 e. The van der Waals surface area contributed by atoms with Crippen molar-refractivity contribution in [2.24, 2.45) is 4.99 Å². The summed E-state index contributed by atoms with van der Waals surface area (Å²) in [5, 5.41) is 0. The first-order valence-corrected chi connectivity index (χ1v) is 7.58. The van der Waals surface area contributed by atoms with Crippen LogP contribution >= 0.6 is 0 Å². The first-order valence-electron chi connectivity index (χ1n) is 7.58. The highest BCUT2D eigenvalue weighted by molar-refractivity contribution is 6.13. The molecule has 124 valence electrons. The van der Waals surface area contributed by atoms with Crippen LogP contribution in [-0.2, 0) is 9.53 Å². The molecule has 3 aliphatic rings. The fourth-order valence-corrected chi connectivity index (χ4v) is 2.72. The van der Waals surface area contributed by atoms with Crippen LogP contribution in [0.2, 0.25) is 0 Å². The Balaban J connectivity index is 1.47. The number of esters is 1. The van der Waals surface area contributed by atoms with Crippen molar-refractivity contribution < 1.29 is 28.5 Å². The molecule has 3 aliphatic heterocycles. The minimum Gasteiger partial charge on any atom is -0.454 e. The van der Waals surface area contributed by atoms with E-state index in [0.717, 1.165) is 5.56 Å². The van der Waals surface area contributed by atoms with E-state index < -0.39 is 5.97 Å².